The van der Waals surface area contributed by atoms with E-state index in [0.29, 0.717) is 0 Å². The normalized spacial score (nSPS) is 10.2. The molecule has 12 nitrogen and oxygen atoms in total. The quantitative estimate of drug-likeness (QED) is 0.283. The standard InChI is InChI=1S/2Cr.3H2O4S/c;;3*1-5(2,3)4/h;;3*(H2,1,2,3,4)/q2*+3;;;/p-6. The molecule has 0 aliphatic carbocycles. The molecule has 0 aliphatic rings. The van der Waals surface area contributed by atoms with Crippen LogP contribution in [0.5, 0.6) is 0 Å². The number of rotatable bonds is 0. The first kappa shape index (κ1) is 30.6. The Morgan fingerprint density at radius 3 is 0.412 bits per heavy atom. The maximum absolute atomic E-state index is 8.52. The van der Waals surface area contributed by atoms with Crippen molar-refractivity contribution < 1.29 is 87.3 Å². The molecule has 102 valence electrons. The molecule has 0 aromatic rings. The van der Waals surface area contributed by atoms with Gasteiger partial charge in [-0.2, -0.15) is 0 Å². The molecule has 0 aliphatic heterocycles. The van der Waals surface area contributed by atoms with E-state index < -0.39 is 31.2 Å². The minimum atomic E-state index is -5.17. The zero-order valence-corrected chi connectivity index (χ0v) is 11.9. The van der Waals surface area contributed by atoms with Crippen LogP contribution < -0.4 is 0 Å². The Bertz CT molecular complexity index is 341. The molecular weight excluding hydrogens is 392 g/mol. The van der Waals surface area contributed by atoms with Crippen LogP contribution in [0.2, 0.25) is 0 Å². The smallest absolute Gasteiger partial charge is 0.759 e. The van der Waals surface area contributed by atoms with E-state index in [4.69, 9.17) is 52.6 Å². The van der Waals surface area contributed by atoms with Crippen molar-refractivity contribution in [2.45, 2.75) is 0 Å². The van der Waals surface area contributed by atoms with Crippen molar-refractivity contribution in [2.75, 3.05) is 0 Å². The van der Waals surface area contributed by atoms with Crippen LogP contribution in [0, 0.1) is 0 Å². The van der Waals surface area contributed by atoms with Gasteiger partial charge in [0.2, 0.25) is 0 Å². The van der Waals surface area contributed by atoms with Crippen LogP contribution >= 0.6 is 0 Å². The maximum Gasteiger partial charge on any atom is 3.00 e. The minimum Gasteiger partial charge on any atom is -0.759 e. The molecule has 0 bridgehead atoms. The molecule has 0 N–H and O–H groups in total. The Balaban J connectivity index is -0.0000000400. The van der Waals surface area contributed by atoms with E-state index in [9.17, 15) is 0 Å². The van der Waals surface area contributed by atoms with Crippen molar-refractivity contribution in [1.82, 2.24) is 0 Å². The molecular formula is Cr2O12S3. The number of hydrogen-bond acceptors (Lipinski definition) is 12. The molecule has 0 atom stereocenters. The van der Waals surface area contributed by atoms with Gasteiger partial charge < -0.3 is 27.3 Å². The molecule has 2 radical (unpaired) electrons. The van der Waals surface area contributed by atoms with Crippen molar-refractivity contribution in [3.63, 3.8) is 0 Å². The van der Waals surface area contributed by atoms with Crippen LogP contribution in [0.4, 0.5) is 0 Å². The van der Waals surface area contributed by atoms with Crippen molar-refractivity contribution in [3.05, 3.63) is 0 Å². The van der Waals surface area contributed by atoms with Gasteiger partial charge in [-0.15, -0.1) is 0 Å². The Morgan fingerprint density at radius 2 is 0.412 bits per heavy atom. The summed E-state index contributed by atoms with van der Waals surface area (Å²) in [5, 5.41) is 0. The summed E-state index contributed by atoms with van der Waals surface area (Å²) in [7, 11) is -15.5. The first-order valence-corrected chi connectivity index (χ1v) is 6.00. The van der Waals surface area contributed by atoms with Crippen LogP contribution in [-0.4, -0.2) is 52.6 Å². The van der Waals surface area contributed by atoms with Crippen LogP contribution in [0.15, 0.2) is 0 Å². The first-order chi connectivity index (χ1) is 6.00. The van der Waals surface area contributed by atoms with Gasteiger partial charge in [0.1, 0.15) is 0 Å². The van der Waals surface area contributed by atoms with Gasteiger partial charge in [0.15, 0.2) is 0 Å². The van der Waals surface area contributed by atoms with Crippen LogP contribution in [0.1, 0.15) is 0 Å². The second kappa shape index (κ2) is 11.7. The SMILES string of the molecule is O=S(=O)([O-])[O-].O=S(=O)([O-])[O-].O=S(=O)([O-])[O-].[Cr+3].[Cr+3]. The molecule has 17 heteroatoms. The average molecular weight is 392 g/mol. The Kier molecular flexibility index (Phi) is 21.1. The van der Waals surface area contributed by atoms with Gasteiger partial charge in [-0.1, -0.05) is 0 Å². The van der Waals surface area contributed by atoms with E-state index in [1.807, 2.05) is 0 Å². The topological polar surface area (TPSA) is 241 Å². The molecule has 0 spiro atoms. The molecule has 17 heavy (non-hydrogen) atoms. The maximum atomic E-state index is 8.52. The summed E-state index contributed by atoms with van der Waals surface area (Å²) in [4.78, 5) is 0. The largest absolute Gasteiger partial charge is 3.00 e. The molecule has 0 unspecified atom stereocenters. The van der Waals surface area contributed by atoms with Gasteiger partial charge in [0.05, 0.1) is 0 Å². The van der Waals surface area contributed by atoms with Gasteiger partial charge in [-0.05, 0) is 0 Å². The summed E-state index contributed by atoms with van der Waals surface area (Å²) in [6, 6.07) is 0. The van der Waals surface area contributed by atoms with Gasteiger partial charge >= 0.3 is 34.7 Å². The molecule has 0 saturated heterocycles. The minimum absolute atomic E-state index is 0. The van der Waals surface area contributed by atoms with E-state index in [1.165, 1.54) is 0 Å². The van der Waals surface area contributed by atoms with Crippen molar-refractivity contribution in [3.8, 4) is 0 Å². The molecule has 0 aromatic carbocycles. The summed E-state index contributed by atoms with van der Waals surface area (Å²) in [6.45, 7) is 0. The average Bonchev–Trinajstić information content (AvgIpc) is 1.41. The van der Waals surface area contributed by atoms with Crippen molar-refractivity contribution in [2.24, 2.45) is 0 Å². The second-order valence-corrected chi connectivity index (χ2v) is 3.67. The summed E-state index contributed by atoms with van der Waals surface area (Å²) in [5.74, 6) is 0. The van der Waals surface area contributed by atoms with E-state index >= 15 is 0 Å². The van der Waals surface area contributed by atoms with E-state index in [1.54, 1.807) is 0 Å². The Hall–Kier alpha value is 0.675. The summed E-state index contributed by atoms with van der Waals surface area (Å²) < 4.78 is 102. The molecule has 0 amide bonds. The zero-order valence-electron chi connectivity index (χ0n) is 6.94. The third-order valence-electron chi connectivity index (χ3n) is 0. The fourth-order valence-corrected chi connectivity index (χ4v) is 0. The van der Waals surface area contributed by atoms with Gasteiger partial charge in [0, 0.05) is 31.2 Å². The first-order valence-electron chi connectivity index (χ1n) is 2.00. The Labute approximate surface area is 118 Å². The summed E-state index contributed by atoms with van der Waals surface area (Å²) in [6.07, 6.45) is 0. The van der Waals surface area contributed by atoms with E-state index in [2.05, 4.69) is 0 Å². The third kappa shape index (κ3) is 7880. The number of hydrogen-bond donors (Lipinski definition) is 0. The van der Waals surface area contributed by atoms with Gasteiger partial charge in [-0.3, -0.25) is 25.3 Å². The molecule has 0 aromatic heterocycles. The van der Waals surface area contributed by atoms with Crippen LogP contribution in [0.3, 0.4) is 0 Å². The van der Waals surface area contributed by atoms with Gasteiger partial charge in [-0.25, -0.2) is 0 Å². The molecule has 0 fully saturated rings. The molecule has 0 saturated carbocycles. The second-order valence-electron chi connectivity index (χ2n) is 1.22. The summed E-state index contributed by atoms with van der Waals surface area (Å²) in [5.41, 5.74) is 0. The molecule has 0 rings (SSSR count). The van der Waals surface area contributed by atoms with Crippen LogP contribution in [-0.2, 0) is 65.9 Å². The fourth-order valence-electron chi connectivity index (χ4n) is 0. The van der Waals surface area contributed by atoms with Crippen molar-refractivity contribution in [1.29, 1.82) is 0 Å². The molecule has 0 heterocycles. The van der Waals surface area contributed by atoms with E-state index in [-0.39, 0.29) is 34.7 Å². The third-order valence-corrected chi connectivity index (χ3v) is 0. The predicted octanol–water partition coefficient (Wildman–Crippen LogP) is -4.02. The van der Waals surface area contributed by atoms with E-state index in [0.717, 1.165) is 0 Å². The van der Waals surface area contributed by atoms with Crippen LogP contribution in [0.25, 0.3) is 0 Å². The summed E-state index contributed by atoms with van der Waals surface area (Å²) >= 11 is 0. The van der Waals surface area contributed by atoms with Gasteiger partial charge in [0.25, 0.3) is 0 Å². The Morgan fingerprint density at radius 1 is 0.412 bits per heavy atom. The predicted molar refractivity (Wildman–Crippen MR) is 31.4 cm³/mol. The fraction of sp³-hybridized carbons (Fsp3) is 0. The monoisotopic (exact) mass is 392 g/mol. The van der Waals surface area contributed by atoms with Crippen molar-refractivity contribution >= 4 is 31.2 Å². The zero-order chi connectivity index (χ0) is 13.5.